The van der Waals surface area contributed by atoms with Crippen molar-refractivity contribution < 1.29 is 19.1 Å². The summed E-state index contributed by atoms with van der Waals surface area (Å²) in [7, 11) is 6.37. The minimum Gasteiger partial charge on any atom is -0.465 e. The molecule has 0 saturated heterocycles. The first-order valence-corrected chi connectivity index (χ1v) is 13.5. The molecule has 12 heteroatoms. The minimum absolute atomic E-state index is 0.0430. The summed E-state index contributed by atoms with van der Waals surface area (Å²) in [5, 5.41) is 12.2. The van der Waals surface area contributed by atoms with Crippen LogP contribution < -0.4 is 10.2 Å². The van der Waals surface area contributed by atoms with E-state index in [0.717, 1.165) is 35.7 Å². The molecule has 1 aromatic carbocycles. The van der Waals surface area contributed by atoms with Crippen LogP contribution in [0.2, 0.25) is 0 Å². The van der Waals surface area contributed by atoms with Crippen molar-refractivity contribution in [3.63, 3.8) is 0 Å². The van der Waals surface area contributed by atoms with Gasteiger partial charge in [0.2, 0.25) is 5.91 Å². The third-order valence-corrected chi connectivity index (χ3v) is 8.03. The normalized spacial score (nSPS) is 10.8. The van der Waals surface area contributed by atoms with E-state index >= 15 is 0 Å². The third-order valence-electron chi connectivity index (χ3n) is 5.81. The van der Waals surface area contributed by atoms with E-state index in [9.17, 15) is 14.4 Å². The van der Waals surface area contributed by atoms with Crippen molar-refractivity contribution in [2.45, 2.75) is 25.9 Å². The van der Waals surface area contributed by atoms with Gasteiger partial charge in [-0.1, -0.05) is 11.8 Å². The predicted octanol–water partition coefficient (Wildman–Crippen LogP) is 3.92. The molecule has 0 spiro atoms. The molecule has 2 heterocycles. The molecule has 2 aromatic heterocycles. The van der Waals surface area contributed by atoms with E-state index in [1.807, 2.05) is 23.7 Å². The van der Waals surface area contributed by atoms with E-state index in [-0.39, 0.29) is 28.1 Å². The second kappa shape index (κ2) is 12.2. The number of thiophene rings is 1. The summed E-state index contributed by atoms with van der Waals surface area (Å²) in [6.07, 6.45) is 0. The SMILES string of the molecule is CCN(CC)c1ccc(-c2nnc(SCC(=O)Nc3sc(C(=O)N(C)C)c(C)c3C(=O)OC)n2C)cc1. The summed E-state index contributed by atoms with van der Waals surface area (Å²) in [5.41, 5.74) is 2.73. The number of carbonyl (C=O) groups is 3. The standard InChI is InChI=1S/C25H32N6O4S2/c1-8-31(9-2)17-12-10-16(11-13-17)21-27-28-25(30(21)6)36-14-18(32)26-22-19(24(34)35-7)15(3)20(37-22)23(33)29(4)5/h10-13H,8-9,14H2,1-7H3,(H,26,32). The highest BCUT2D eigenvalue weighted by atomic mass is 32.2. The molecule has 0 bridgehead atoms. The van der Waals surface area contributed by atoms with Crippen molar-refractivity contribution in [2.24, 2.45) is 7.05 Å². The molecule has 0 unspecified atom stereocenters. The van der Waals surface area contributed by atoms with Gasteiger partial charge in [-0.3, -0.25) is 9.59 Å². The molecule has 0 saturated carbocycles. The topological polar surface area (TPSA) is 110 Å². The minimum atomic E-state index is -0.612. The number of thioether (sulfide) groups is 1. The Morgan fingerprint density at radius 2 is 1.76 bits per heavy atom. The van der Waals surface area contributed by atoms with Crippen LogP contribution in [0.25, 0.3) is 11.4 Å². The molecule has 3 aromatic rings. The lowest BCUT2D eigenvalue weighted by Gasteiger charge is -2.21. The third kappa shape index (κ3) is 6.13. The van der Waals surface area contributed by atoms with E-state index in [0.29, 0.717) is 21.4 Å². The molecule has 0 aliphatic rings. The van der Waals surface area contributed by atoms with Crippen molar-refractivity contribution in [3.8, 4) is 11.4 Å². The van der Waals surface area contributed by atoms with Crippen LogP contribution in [0.4, 0.5) is 10.7 Å². The van der Waals surface area contributed by atoms with Crippen LogP contribution in [0.15, 0.2) is 29.4 Å². The van der Waals surface area contributed by atoms with Crippen LogP contribution in [0.1, 0.15) is 39.4 Å². The summed E-state index contributed by atoms with van der Waals surface area (Å²) in [6, 6.07) is 8.15. The summed E-state index contributed by atoms with van der Waals surface area (Å²) < 4.78 is 6.72. The van der Waals surface area contributed by atoms with E-state index in [4.69, 9.17) is 4.74 Å². The zero-order valence-corrected chi connectivity index (χ0v) is 23.7. The Balaban J connectivity index is 1.73. The quantitative estimate of drug-likeness (QED) is 0.302. The number of ether oxygens (including phenoxy) is 1. The number of rotatable bonds is 10. The van der Waals surface area contributed by atoms with Crippen molar-refractivity contribution in [3.05, 3.63) is 40.3 Å². The number of nitrogens with one attached hydrogen (secondary N) is 1. The Bertz CT molecular complexity index is 1280. The Morgan fingerprint density at radius 1 is 1.11 bits per heavy atom. The van der Waals surface area contributed by atoms with Gasteiger partial charge in [-0.15, -0.1) is 21.5 Å². The number of esters is 1. The van der Waals surface area contributed by atoms with Gasteiger partial charge in [0.15, 0.2) is 11.0 Å². The van der Waals surface area contributed by atoms with Gasteiger partial charge < -0.3 is 24.4 Å². The number of methoxy groups -OCH3 is 1. The Hall–Kier alpha value is -3.38. The smallest absolute Gasteiger partial charge is 0.341 e. The van der Waals surface area contributed by atoms with Crippen LogP contribution in [0.3, 0.4) is 0 Å². The van der Waals surface area contributed by atoms with Gasteiger partial charge in [0.25, 0.3) is 5.91 Å². The van der Waals surface area contributed by atoms with E-state index in [1.54, 1.807) is 21.0 Å². The fraction of sp³-hybridized carbons (Fsp3) is 0.400. The first-order valence-electron chi connectivity index (χ1n) is 11.7. The van der Waals surface area contributed by atoms with Crippen LogP contribution in [0, 0.1) is 6.92 Å². The highest BCUT2D eigenvalue weighted by molar-refractivity contribution is 7.99. The molecule has 3 rings (SSSR count). The maximum atomic E-state index is 12.8. The molecule has 0 atom stereocenters. The highest BCUT2D eigenvalue weighted by Gasteiger charge is 2.27. The number of nitrogens with zero attached hydrogens (tertiary/aromatic N) is 5. The number of carbonyl (C=O) groups excluding carboxylic acids is 3. The molecular weight excluding hydrogens is 512 g/mol. The monoisotopic (exact) mass is 544 g/mol. The van der Waals surface area contributed by atoms with Crippen LogP contribution in [-0.2, 0) is 16.6 Å². The molecule has 1 N–H and O–H groups in total. The van der Waals surface area contributed by atoms with Gasteiger partial charge in [0.1, 0.15) is 5.00 Å². The molecule has 0 fully saturated rings. The molecule has 198 valence electrons. The van der Waals surface area contributed by atoms with Gasteiger partial charge >= 0.3 is 5.97 Å². The average Bonchev–Trinajstić information content (AvgIpc) is 3.41. The van der Waals surface area contributed by atoms with E-state index in [1.165, 1.54) is 23.8 Å². The summed E-state index contributed by atoms with van der Waals surface area (Å²) in [6.45, 7) is 7.78. The van der Waals surface area contributed by atoms with E-state index in [2.05, 4.69) is 46.4 Å². The summed E-state index contributed by atoms with van der Waals surface area (Å²) in [5.74, 6) is -0.462. The number of hydrogen-bond acceptors (Lipinski definition) is 9. The molecule has 0 aliphatic heterocycles. The molecular formula is C25H32N6O4S2. The molecule has 0 radical (unpaired) electrons. The fourth-order valence-corrected chi connectivity index (χ4v) is 5.69. The number of amides is 2. The van der Waals surface area contributed by atoms with Crippen LogP contribution in [0.5, 0.6) is 0 Å². The lowest BCUT2D eigenvalue weighted by atomic mass is 10.1. The fourth-order valence-electron chi connectivity index (χ4n) is 3.75. The van der Waals surface area contributed by atoms with Gasteiger partial charge in [-0.25, -0.2) is 4.79 Å². The number of anilines is 2. The maximum Gasteiger partial charge on any atom is 0.341 e. The van der Waals surface area contributed by atoms with Crippen molar-refractivity contribution in [1.82, 2.24) is 19.7 Å². The number of hydrogen-bond donors (Lipinski definition) is 1. The Labute approximate surface area is 225 Å². The molecule has 2 amide bonds. The summed E-state index contributed by atoms with van der Waals surface area (Å²) in [4.78, 5) is 41.7. The van der Waals surface area contributed by atoms with Crippen molar-refractivity contribution in [1.29, 1.82) is 0 Å². The second-order valence-electron chi connectivity index (χ2n) is 8.37. The lowest BCUT2D eigenvalue weighted by Crippen LogP contribution is -2.21. The first kappa shape index (κ1) is 28.2. The van der Waals surface area contributed by atoms with Crippen molar-refractivity contribution >= 4 is 51.6 Å². The lowest BCUT2D eigenvalue weighted by molar-refractivity contribution is -0.113. The number of aromatic nitrogens is 3. The van der Waals surface area contributed by atoms with Gasteiger partial charge in [0.05, 0.1) is 23.3 Å². The zero-order chi connectivity index (χ0) is 27.3. The highest BCUT2D eigenvalue weighted by Crippen LogP contribution is 2.34. The predicted molar refractivity (Wildman–Crippen MR) is 148 cm³/mol. The number of benzene rings is 1. The largest absolute Gasteiger partial charge is 0.465 e. The zero-order valence-electron chi connectivity index (χ0n) is 22.1. The summed E-state index contributed by atoms with van der Waals surface area (Å²) >= 11 is 2.29. The van der Waals surface area contributed by atoms with Crippen LogP contribution >= 0.6 is 23.1 Å². The van der Waals surface area contributed by atoms with Gasteiger partial charge in [-0.05, 0) is 50.6 Å². The molecule has 10 nitrogen and oxygen atoms in total. The van der Waals surface area contributed by atoms with Gasteiger partial charge in [0, 0.05) is 45.5 Å². The molecule has 0 aliphatic carbocycles. The van der Waals surface area contributed by atoms with Crippen molar-refractivity contribution in [2.75, 3.05) is 50.3 Å². The van der Waals surface area contributed by atoms with Gasteiger partial charge in [-0.2, -0.15) is 0 Å². The first-order chi connectivity index (χ1) is 17.6. The average molecular weight is 545 g/mol. The van der Waals surface area contributed by atoms with Crippen LogP contribution in [-0.4, -0.2) is 77.5 Å². The second-order valence-corrected chi connectivity index (χ2v) is 10.3. The molecule has 37 heavy (non-hydrogen) atoms. The Morgan fingerprint density at radius 3 is 2.32 bits per heavy atom. The van der Waals surface area contributed by atoms with E-state index < -0.39 is 5.97 Å². The Kier molecular flexibility index (Phi) is 9.33. The maximum absolute atomic E-state index is 12.8.